The molecule has 7 nitrogen and oxygen atoms in total. The number of fused-ring (bicyclic) bond motifs is 3. The van der Waals surface area contributed by atoms with E-state index >= 15 is 0 Å². The van der Waals surface area contributed by atoms with Crippen molar-refractivity contribution in [2.75, 3.05) is 20.3 Å². The molecule has 0 spiro atoms. The lowest BCUT2D eigenvalue weighted by atomic mass is 9.98. The summed E-state index contributed by atoms with van der Waals surface area (Å²) in [4.78, 5) is 33.3. The summed E-state index contributed by atoms with van der Waals surface area (Å²) in [6.45, 7) is 2.30. The van der Waals surface area contributed by atoms with E-state index in [1.54, 1.807) is 32.4 Å². The molecule has 0 saturated carbocycles. The van der Waals surface area contributed by atoms with E-state index in [9.17, 15) is 9.59 Å². The highest BCUT2D eigenvalue weighted by molar-refractivity contribution is 6.43. The van der Waals surface area contributed by atoms with Gasteiger partial charge in [0.1, 0.15) is 11.4 Å². The number of hydrogen-bond acceptors (Lipinski definition) is 7. The quantitative estimate of drug-likeness (QED) is 0.455. The monoisotopic (exact) mass is 342 g/mol. The molecule has 0 radical (unpaired) electrons. The summed E-state index contributed by atoms with van der Waals surface area (Å²) in [6.07, 6.45) is 0.767. The van der Waals surface area contributed by atoms with Gasteiger partial charge in [0, 0.05) is 24.3 Å². The molecule has 25 heavy (non-hydrogen) atoms. The molecule has 3 rings (SSSR count). The molecule has 1 aromatic carbocycles. The minimum Gasteiger partial charge on any atom is -0.432 e. The Bertz CT molecular complexity index is 846. The summed E-state index contributed by atoms with van der Waals surface area (Å²) < 4.78 is 15.3. The summed E-state index contributed by atoms with van der Waals surface area (Å²) in [5.74, 6) is -0.852. The van der Waals surface area contributed by atoms with Crippen LogP contribution in [0.2, 0.25) is 0 Å². The molecular formula is C18H18N2O5. The smallest absolute Gasteiger partial charge is 0.355 e. The number of aromatic nitrogens is 1. The van der Waals surface area contributed by atoms with Gasteiger partial charge < -0.3 is 14.2 Å². The number of nitrogens with zero attached hydrogens (tertiary/aromatic N) is 2. The van der Waals surface area contributed by atoms with Gasteiger partial charge in [-0.3, -0.25) is 9.78 Å². The van der Waals surface area contributed by atoms with Gasteiger partial charge in [0.05, 0.1) is 25.2 Å². The SMILES string of the molecule is COCCOC(C)OC(=O)C1=Nc2c(ccc3cccnc23)C(=O)C1. The van der Waals surface area contributed by atoms with Crippen molar-refractivity contribution < 1.29 is 23.8 Å². The number of methoxy groups -OCH3 is 1. The van der Waals surface area contributed by atoms with Crippen LogP contribution in [0.4, 0.5) is 5.69 Å². The van der Waals surface area contributed by atoms with E-state index in [-0.39, 0.29) is 17.9 Å². The highest BCUT2D eigenvalue weighted by Crippen LogP contribution is 2.33. The zero-order valence-corrected chi connectivity index (χ0v) is 14.0. The van der Waals surface area contributed by atoms with Gasteiger partial charge in [-0.25, -0.2) is 9.79 Å². The van der Waals surface area contributed by atoms with Crippen LogP contribution in [-0.2, 0) is 19.0 Å². The lowest BCUT2D eigenvalue weighted by Gasteiger charge is -2.18. The highest BCUT2D eigenvalue weighted by Gasteiger charge is 2.28. The predicted molar refractivity (Wildman–Crippen MR) is 91.2 cm³/mol. The van der Waals surface area contributed by atoms with Gasteiger partial charge >= 0.3 is 5.97 Å². The Morgan fingerprint density at radius 1 is 1.28 bits per heavy atom. The van der Waals surface area contributed by atoms with Crippen molar-refractivity contribution in [2.45, 2.75) is 19.6 Å². The summed E-state index contributed by atoms with van der Waals surface area (Å²) >= 11 is 0. The molecule has 0 bridgehead atoms. The maximum Gasteiger partial charge on any atom is 0.355 e. The van der Waals surface area contributed by atoms with E-state index in [0.29, 0.717) is 30.0 Å². The summed E-state index contributed by atoms with van der Waals surface area (Å²) in [5.41, 5.74) is 1.52. The Morgan fingerprint density at radius 3 is 2.92 bits per heavy atom. The average molecular weight is 342 g/mol. The van der Waals surface area contributed by atoms with Crippen molar-refractivity contribution >= 4 is 34.1 Å². The maximum atomic E-state index is 12.4. The fourth-order valence-electron chi connectivity index (χ4n) is 2.56. The third kappa shape index (κ3) is 3.72. The normalized spacial score (nSPS) is 14.8. The first-order valence-corrected chi connectivity index (χ1v) is 7.90. The zero-order chi connectivity index (χ0) is 17.8. The Kier molecular flexibility index (Phi) is 5.16. The molecule has 0 aliphatic carbocycles. The molecule has 0 fully saturated rings. The van der Waals surface area contributed by atoms with Crippen molar-refractivity contribution in [1.82, 2.24) is 4.98 Å². The van der Waals surface area contributed by atoms with Crippen LogP contribution in [0.25, 0.3) is 10.9 Å². The fourth-order valence-corrected chi connectivity index (χ4v) is 2.56. The summed E-state index contributed by atoms with van der Waals surface area (Å²) in [7, 11) is 1.55. The Morgan fingerprint density at radius 2 is 2.12 bits per heavy atom. The lowest BCUT2D eigenvalue weighted by Crippen LogP contribution is -2.28. The van der Waals surface area contributed by atoms with Gasteiger partial charge in [-0.2, -0.15) is 0 Å². The zero-order valence-electron chi connectivity index (χ0n) is 14.0. The molecule has 2 aromatic rings. The van der Waals surface area contributed by atoms with E-state index in [1.807, 2.05) is 12.1 Å². The minimum absolute atomic E-state index is 0.0536. The number of Topliss-reactive ketones (excluding diaryl/α,β-unsaturated/α-hetero) is 1. The molecular weight excluding hydrogens is 324 g/mol. The number of carbonyl (C=O) groups is 2. The maximum absolute atomic E-state index is 12.4. The minimum atomic E-state index is -0.757. The molecule has 0 N–H and O–H groups in total. The molecule has 2 heterocycles. The van der Waals surface area contributed by atoms with Gasteiger partial charge in [-0.05, 0) is 19.1 Å². The Balaban J connectivity index is 1.84. The molecule has 0 saturated heterocycles. The van der Waals surface area contributed by atoms with Gasteiger partial charge in [-0.1, -0.05) is 12.1 Å². The molecule has 1 aliphatic heterocycles. The number of benzene rings is 1. The largest absolute Gasteiger partial charge is 0.432 e. The average Bonchev–Trinajstić information content (AvgIpc) is 2.61. The van der Waals surface area contributed by atoms with Crippen LogP contribution >= 0.6 is 0 Å². The number of rotatable bonds is 6. The third-order valence-electron chi connectivity index (χ3n) is 3.77. The predicted octanol–water partition coefficient (Wildman–Crippen LogP) is 2.45. The second-order valence-corrected chi connectivity index (χ2v) is 5.53. The molecule has 130 valence electrons. The molecule has 1 atom stereocenters. The first-order valence-electron chi connectivity index (χ1n) is 7.90. The fraction of sp³-hybridized carbons (Fsp3) is 0.333. The number of ketones is 1. The van der Waals surface area contributed by atoms with E-state index in [2.05, 4.69) is 9.98 Å². The first kappa shape index (κ1) is 17.2. The van der Waals surface area contributed by atoms with Gasteiger partial charge in [0.2, 0.25) is 6.29 Å². The number of hydrogen-bond donors (Lipinski definition) is 0. The van der Waals surface area contributed by atoms with Crippen LogP contribution in [0.5, 0.6) is 0 Å². The van der Waals surface area contributed by atoms with Crippen molar-refractivity contribution in [3.8, 4) is 0 Å². The molecule has 0 amide bonds. The molecule has 1 unspecified atom stereocenters. The van der Waals surface area contributed by atoms with Crippen LogP contribution in [0.15, 0.2) is 35.5 Å². The van der Waals surface area contributed by atoms with E-state index in [1.165, 1.54) is 0 Å². The molecule has 7 heteroatoms. The van der Waals surface area contributed by atoms with Crippen LogP contribution in [-0.4, -0.2) is 49.1 Å². The molecule has 1 aromatic heterocycles. The molecule has 1 aliphatic rings. The van der Waals surface area contributed by atoms with Crippen molar-refractivity contribution in [1.29, 1.82) is 0 Å². The Hall–Kier alpha value is -2.64. The second kappa shape index (κ2) is 7.50. The highest BCUT2D eigenvalue weighted by atomic mass is 16.7. The van der Waals surface area contributed by atoms with E-state index in [4.69, 9.17) is 14.2 Å². The number of esters is 1. The van der Waals surface area contributed by atoms with Crippen LogP contribution < -0.4 is 0 Å². The van der Waals surface area contributed by atoms with E-state index in [0.717, 1.165) is 5.39 Å². The van der Waals surface area contributed by atoms with Gasteiger partial charge in [-0.15, -0.1) is 0 Å². The lowest BCUT2D eigenvalue weighted by molar-refractivity contribution is -0.168. The van der Waals surface area contributed by atoms with Crippen molar-refractivity contribution in [2.24, 2.45) is 4.99 Å². The second-order valence-electron chi connectivity index (χ2n) is 5.53. The first-order chi connectivity index (χ1) is 12.1. The number of carbonyl (C=O) groups excluding carboxylic acids is 2. The van der Waals surface area contributed by atoms with Crippen LogP contribution in [0, 0.1) is 0 Å². The third-order valence-corrected chi connectivity index (χ3v) is 3.77. The number of aliphatic imine (C=N–C) groups is 1. The standard InChI is InChI=1S/C18H18N2O5/c1-11(24-9-8-23-2)25-18(22)14-10-15(21)13-6-5-12-4-3-7-19-16(12)17(13)20-14/h3-7,11H,8-10H2,1-2H3. The van der Waals surface area contributed by atoms with Gasteiger partial charge in [0.15, 0.2) is 5.78 Å². The Labute approximate surface area is 144 Å². The van der Waals surface area contributed by atoms with Crippen LogP contribution in [0.3, 0.4) is 0 Å². The van der Waals surface area contributed by atoms with Crippen molar-refractivity contribution in [3.05, 3.63) is 36.0 Å². The van der Waals surface area contributed by atoms with Crippen molar-refractivity contribution in [3.63, 3.8) is 0 Å². The number of pyridine rings is 1. The van der Waals surface area contributed by atoms with Gasteiger partial charge in [0.25, 0.3) is 0 Å². The summed E-state index contributed by atoms with van der Waals surface area (Å²) in [6, 6.07) is 7.21. The topological polar surface area (TPSA) is 87.1 Å². The summed E-state index contributed by atoms with van der Waals surface area (Å²) in [5, 5.41) is 0.851. The number of ether oxygens (including phenoxy) is 3. The van der Waals surface area contributed by atoms with Crippen LogP contribution in [0.1, 0.15) is 23.7 Å². The van der Waals surface area contributed by atoms with E-state index < -0.39 is 12.3 Å².